The Balaban J connectivity index is 0.842. The molecule has 0 heterocycles. The number of esters is 2. The molecule has 0 amide bonds. The van der Waals surface area contributed by atoms with Crippen molar-refractivity contribution in [2.75, 3.05) is 0 Å². The minimum atomic E-state index is -1.88. The average Bonchev–Trinajstić information content (AvgIpc) is 1.36. The van der Waals surface area contributed by atoms with Gasteiger partial charge >= 0.3 is 11.9 Å². The van der Waals surface area contributed by atoms with E-state index in [1.165, 1.54) is 282 Å². The molecule has 35 rings (SSSR count). The first-order chi connectivity index (χ1) is 46.7. The number of hydrogen-bond donors (Lipinski definition) is 0. The topological polar surface area (TPSA) is 52.6 Å². The van der Waals surface area contributed by atoms with Gasteiger partial charge in [0.1, 0.15) is 13.2 Å². The quantitative estimate of drug-likeness (QED) is 0.0946. The zero-order valence-corrected chi connectivity index (χ0v) is 55.0. The van der Waals surface area contributed by atoms with Crippen molar-refractivity contribution in [3.05, 3.63) is 92.0 Å². The summed E-state index contributed by atoms with van der Waals surface area (Å²) in [5.41, 5.74) is 6.80. The maximum atomic E-state index is 18.5. The first-order valence-corrected chi connectivity index (χ1v) is 36.1. The Kier molecular flexibility index (Phi) is 4.93. The molecule has 30 aromatic carbocycles. The molecule has 97 heavy (non-hydrogen) atoms. The molecule has 0 radical (unpaired) electrons. The van der Waals surface area contributed by atoms with E-state index in [1.54, 1.807) is 53.9 Å². The SMILES string of the molecule is CC(C)(C)c1cc(COC(=O)C2(C(=O)OCc3cc(C(C)(C)C)cc(C(C)(C)C)c3)C34c5c6c7c8c9c%10c(c%11c%12c3c3c5c5c%13c6c6c7c7c9c9c%14c%10c%10c%11c%11c%12c%12c3c3c5c5c%13c%13c6c6c7c9c7c9c%14c%10c%10c%11c%11c%12c3c3c5c5c%13c6c7c6c9c%10c%11c3c56)C824)cc(C(C)(C)C)c1. The molecule has 1 fully saturated rings. The summed E-state index contributed by atoms with van der Waals surface area (Å²) in [4.78, 5) is 36.9. The van der Waals surface area contributed by atoms with Crippen LogP contribution in [-0.4, -0.2) is 11.9 Å². The van der Waals surface area contributed by atoms with Gasteiger partial charge in [0.25, 0.3) is 0 Å². The van der Waals surface area contributed by atoms with Crippen LogP contribution in [0.25, 0.3) is 291 Å². The molecule has 0 unspecified atom stereocenters. The predicted octanol–water partition coefficient (Wildman–Crippen LogP) is 24.0. The molecule has 0 N–H and O–H groups in total. The molecule has 30 aromatic rings. The Morgan fingerprint density at radius 1 is 0.227 bits per heavy atom. The van der Waals surface area contributed by atoms with E-state index in [0.717, 1.165) is 11.1 Å². The summed E-state index contributed by atoms with van der Waals surface area (Å²) in [5, 5.41) is 79.4. The third kappa shape index (κ3) is 3.00. The van der Waals surface area contributed by atoms with Gasteiger partial charge in [0.15, 0.2) is 5.41 Å². The highest BCUT2D eigenvalue weighted by Crippen LogP contribution is 2.97. The number of rotatable bonds is 6. The van der Waals surface area contributed by atoms with E-state index in [1.807, 2.05) is 0 Å². The molecule has 0 bridgehead atoms. The van der Waals surface area contributed by atoms with Gasteiger partial charge in [0.2, 0.25) is 0 Å². The fourth-order valence-electron chi connectivity index (χ4n) is 29.1. The van der Waals surface area contributed by atoms with Gasteiger partial charge < -0.3 is 9.47 Å². The summed E-state index contributed by atoms with van der Waals surface area (Å²) in [6, 6.07) is 13.8. The van der Waals surface area contributed by atoms with Crippen LogP contribution >= 0.6 is 0 Å². The number of hydrogen-bond acceptors (Lipinski definition) is 4. The number of carbonyl (C=O) groups excluding carboxylic acids is 2. The summed E-state index contributed by atoms with van der Waals surface area (Å²) in [7, 11) is 0. The van der Waals surface area contributed by atoms with Crippen LogP contribution in [0, 0.1) is 5.41 Å². The van der Waals surface area contributed by atoms with Gasteiger partial charge in [0, 0.05) is 0 Å². The van der Waals surface area contributed by atoms with Gasteiger partial charge in [-0.15, -0.1) is 0 Å². The predicted molar refractivity (Wildman–Crippen MR) is 404 cm³/mol. The van der Waals surface area contributed by atoms with Gasteiger partial charge in [-0.25, -0.2) is 0 Å². The van der Waals surface area contributed by atoms with E-state index in [0.29, 0.717) is 0 Å². The Bertz CT molecular complexity index is 8030. The normalized spacial score (nSPS) is 18.5. The maximum Gasteiger partial charge on any atom is 0.326 e. The lowest BCUT2D eigenvalue weighted by Gasteiger charge is -2.32. The third-order valence-electron chi connectivity index (χ3n) is 31.2. The minimum Gasteiger partial charge on any atom is -0.460 e. The first-order valence-electron chi connectivity index (χ1n) is 36.1. The van der Waals surface area contributed by atoms with E-state index in [4.69, 9.17) is 9.47 Å². The molecule has 4 heteroatoms. The van der Waals surface area contributed by atoms with Gasteiger partial charge in [0.05, 0.1) is 10.8 Å². The average molecular weight is 1230 g/mol. The molecule has 5 aliphatic rings. The lowest BCUT2D eigenvalue weighted by Crippen LogP contribution is -2.38. The number of ether oxygens (including phenoxy) is 2. The van der Waals surface area contributed by atoms with E-state index in [-0.39, 0.29) is 34.9 Å². The van der Waals surface area contributed by atoms with Crippen molar-refractivity contribution in [1.82, 2.24) is 0 Å². The summed E-state index contributed by atoms with van der Waals surface area (Å²) < 4.78 is 15.2. The molecule has 5 aliphatic carbocycles. The van der Waals surface area contributed by atoms with Crippen molar-refractivity contribution in [3.8, 4) is 0 Å². The van der Waals surface area contributed by atoms with Gasteiger partial charge in [-0.1, -0.05) is 119 Å². The summed E-state index contributed by atoms with van der Waals surface area (Å²) in [5.74, 6) is -0.852. The Hall–Kier alpha value is -10.2. The standard InChI is InChI=1S/C93H46O4/c1-87(2,3)23-13-21(14-24(17-23)88(4,5)6)19-96-85(94)93(86(95)97-20-22-15-25(89(7,8)9)18-26(16-22)90(10,11)12)91-81-73-65-55-45-37-29-27-28-31-35-33(29)41-49-43(35)53-47-39(31)40-32(28)36-34-30(27)38(37)46-52-42(34)50-44(36)54-48(40)58-57(47)67-61(53)71-63(49)69(59(65)51(41)45)77(81)79(71)83-75(67)76-68(58)62(54)72-64(50)70-60(52)66(56(46)55)74(73)82(91)78(70)80(72)84(76)92(83,91)93/h13-18H,19-20H2,1-12H3. The van der Waals surface area contributed by atoms with E-state index in [9.17, 15) is 0 Å². The molecule has 1 saturated carbocycles. The number of carbonyl (C=O) groups is 2. The zero-order chi connectivity index (χ0) is 62.7. The van der Waals surface area contributed by atoms with Crippen LogP contribution in [0.1, 0.15) is 139 Å². The molecule has 0 saturated heterocycles. The first kappa shape index (κ1) is 44.6. The van der Waals surface area contributed by atoms with Crippen molar-refractivity contribution in [2.45, 2.75) is 129 Å². The molecule has 2 spiro atoms. The van der Waals surface area contributed by atoms with Crippen molar-refractivity contribution in [2.24, 2.45) is 5.41 Å². The highest BCUT2D eigenvalue weighted by Gasteiger charge is 3.01. The fraction of sp³-hybridized carbons (Fsp3) is 0.226. The lowest BCUT2D eigenvalue weighted by atomic mass is 9.68. The van der Waals surface area contributed by atoms with E-state index in [2.05, 4.69) is 119 Å². The van der Waals surface area contributed by atoms with Crippen LogP contribution in [0.2, 0.25) is 0 Å². The van der Waals surface area contributed by atoms with Gasteiger partial charge in [-0.05, 0) is 368 Å². The largest absolute Gasteiger partial charge is 0.460 e. The summed E-state index contributed by atoms with van der Waals surface area (Å²) >= 11 is 0. The van der Waals surface area contributed by atoms with Crippen molar-refractivity contribution in [1.29, 1.82) is 0 Å². The van der Waals surface area contributed by atoms with Crippen molar-refractivity contribution >= 4 is 303 Å². The second kappa shape index (κ2) is 10.7. The molecule has 0 aromatic heterocycles. The van der Waals surface area contributed by atoms with Gasteiger partial charge in [-0.2, -0.15) is 0 Å². The molecule has 0 atom stereocenters. The summed E-state index contributed by atoms with van der Waals surface area (Å²) in [6.07, 6.45) is 0. The van der Waals surface area contributed by atoms with E-state index < -0.39 is 28.2 Å². The molecular formula is C93H46O4. The van der Waals surface area contributed by atoms with E-state index >= 15 is 9.59 Å². The molecule has 0 aliphatic heterocycles. The Morgan fingerprint density at radius 3 is 0.495 bits per heavy atom. The Morgan fingerprint density at radius 2 is 0.361 bits per heavy atom. The highest BCUT2D eigenvalue weighted by atomic mass is 16.6. The molecular weight excluding hydrogens is 1180 g/mol. The van der Waals surface area contributed by atoms with Gasteiger partial charge in [-0.3, -0.25) is 9.59 Å². The van der Waals surface area contributed by atoms with Crippen LogP contribution < -0.4 is 0 Å². The smallest absolute Gasteiger partial charge is 0.326 e. The molecule has 442 valence electrons. The number of benzene rings is 20. The van der Waals surface area contributed by atoms with Crippen LogP contribution in [0.3, 0.4) is 0 Å². The minimum absolute atomic E-state index is 0.0362. The van der Waals surface area contributed by atoms with Crippen molar-refractivity contribution < 1.29 is 19.1 Å². The fourth-order valence-corrected chi connectivity index (χ4v) is 29.1. The van der Waals surface area contributed by atoms with Crippen LogP contribution in [0.5, 0.6) is 0 Å². The van der Waals surface area contributed by atoms with Crippen molar-refractivity contribution in [3.63, 3.8) is 0 Å². The molecule has 4 nitrogen and oxygen atoms in total. The maximum absolute atomic E-state index is 18.5. The third-order valence-corrected chi connectivity index (χ3v) is 31.2. The highest BCUT2D eigenvalue weighted by molar-refractivity contribution is 6.82. The van der Waals surface area contributed by atoms with Crippen LogP contribution in [0.15, 0.2) is 36.4 Å². The monoisotopic (exact) mass is 1230 g/mol. The second-order valence-corrected chi connectivity index (χ2v) is 38.0. The van der Waals surface area contributed by atoms with Crippen LogP contribution in [0.4, 0.5) is 0 Å². The summed E-state index contributed by atoms with van der Waals surface area (Å²) in [6.45, 7) is 27.5. The lowest BCUT2D eigenvalue weighted by molar-refractivity contribution is -0.168. The zero-order valence-electron chi connectivity index (χ0n) is 55.0. The second-order valence-electron chi connectivity index (χ2n) is 38.0. The van der Waals surface area contributed by atoms with Crippen LogP contribution in [-0.2, 0) is 64.8 Å². The Labute approximate surface area is 544 Å².